The molecule has 0 bridgehead atoms. The maximum Gasteiger partial charge on any atom is 0.320 e. The highest BCUT2D eigenvalue weighted by molar-refractivity contribution is 5.72. The van der Waals surface area contributed by atoms with Gasteiger partial charge in [-0.1, -0.05) is 12.1 Å². The van der Waals surface area contributed by atoms with Crippen molar-refractivity contribution in [2.75, 3.05) is 32.7 Å². The first kappa shape index (κ1) is 17.5. The van der Waals surface area contributed by atoms with Crippen LogP contribution in [0.25, 0.3) is 0 Å². The Morgan fingerprint density at radius 2 is 1.70 bits per heavy atom. The van der Waals surface area contributed by atoms with E-state index in [0.717, 1.165) is 32.7 Å². The molecule has 0 aliphatic carbocycles. The molecule has 124 valence electrons. The standard InChI is InChI=1S/C18H25N3O2/c1-18(2,3)23-17(22)14-21-10-8-20(9-11-21)13-16-6-4-15(12-19)5-7-16/h4-7H,8-11,13-14H2,1-3H3. The van der Waals surface area contributed by atoms with Crippen molar-refractivity contribution in [3.8, 4) is 6.07 Å². The van der Waals surface area contributed by atoms with E-state index >= 15 is 0 Å². The van der Waals surface area contributed by atoms with Gasteiger partial charge in [-0.05, 0) is 38.5 Å². The minimum atomic E-state index is -0.422. The molecule has 5 nitrogen and oxygen atoms in total. The van der Waals surface area contributed by atoms with Gasteiger partial charge in [0.15, 0.2) is 0 Å². The number of benzene rings is 1. The lowest BCUT2D eigenvalue weighted by atomic mass is 10.1. The van der Waals surface area contributed by atoms with E-state index in [9.17, 15) is 4.79 Å². The van der Waals surface area contributed by atoms with Crippen LogP contribution in [0, 0.1) is 11.3 Å². The van der Waals surface area contributed by atoms with Crippen LogP contribution in [-0.4, -0.2) is 54.1 Å². The first-order valence-electron chi connectivity index (χ1n) is 8.01. The lowest BCUT2D eigenvalue weighted by Gasteiger charge is -2.34. The maximum atomic E-state index is 11.9. The van der Waals surface area contributed by atoms with Crippen molar-refractivity contribution in [1.29, 1.82) is 5.26 Å². The molecule has 1 aromatic carbocycles. The monoisotopic (exact) mass is 315 g/mol. The fraction of sp³-hybridized carbons (Fsp3) is 0.556. The number of nitriles is 1. The van der Waals surface area contributed by atoms with E-state index in [-0.39, 0.29) is 5.97 Å². The van der Waals surface area contributed by atoms with Crippen LogP contribution >= 0.6 is 0 Å². The minimum absolute atomic E-state index is 0.155. The zero-order valence-electron chi connectivity index (χ0n) is 14.2. The zero-order chi connectivity index (χ0) is 16.9. The minimum Gasteiger partial charge on any atom is -0.459 e. The van der Waals surface area contributed by atoms with Gasteiger partial charge in [0, 0.05) is 32.7 Å². The van der Waals surface area contributed by atoms with Crippen LogP contribution < -0.4 is 0 Å². The van der Waals surface area contributed by atoms with Crippen LogP contribution in [0.3, 0.4) is 0 Å². The molecule has 0 N–H and O–H groups in total. The van der Waals surface area contributed by atoms with E-state index in [4.69, 9.17) is 10.00 Å². The Balaban J connectivity index is 1.75. The van der Waals surface area contributed by atoms with Crippen LogP contribution in [-0.2, 0) is 16.1 Å². The molecule has 1 aromatic rings. The normalized spacial score (nSPS) is 16.8. The highest BCUT2D eigenvalue weighted by Crippen LogP contribution is 2.11. The molecule has 2 rings (SSSR count). The van der Waals surface area contributed by atoms with Gasteiger partial charge in [-0.3, -0.25) is 14.6 Å². The van der Waals surface area contributed by atoms with Gasteiger partial charge < -0.3 is 4.74 Å². The number of carbonyl (C=O) groups excluding carboxylic acids is 1. The molecule has 0 saturated carbocycles. The van der Waals surface area contributed by atoms with Gasteiger partial charge in [0.1, 0.15) is 5.60 Å². The summed E-state index contributed by atoms with van der Waals surface area (Å²) in [7, 11) is 0. The van der Waals surface area contributed by atoms with E-state index in [1.54, 1.807) is 0 Å². The SMILES string of the molecule is CC(C)(C)OC(=O)CN1CCN(Cc2ccc(C#N)cc2)CC1. The van der Waals surface area contributed by atoms with Gasteiger partial charge in [-0.15, -0.1) is 0 Å². The first-order valence-corrected chi connectivity index (χ1v) is 8.01. The molecule has 0 atom stereocenters. The van der Waals surface area contributed by atoms with Gasteiger partial charge in [0.25, 0.3) is 0 Å². The van der Waals surface area contributed by atoms with Crippen LogP contribution in [0.4, 0.5) is 0 Å². The average molecular weight is 315 g/mol. The van der Waals surface area contributed by atoms with Crippen molar-refractivity contribution in [3.05, 3.63) is 35.4 Å². The van der Waals surface area contributed by atoms with Gasteiger partial charge in [-0.2, -0.15) is 5.26 Å². The Labute approximate surface area is 138 Å². The summed E-state index contributed by atoms with van der Waals surface area (Å²) in [5.41, 5.74) is 1.48. The van der Waals surface area contributed by atoms with Crippen molar-refractivity contribution in [1.82, 2.24) is 9.80 Å². The third-order valence-corrected chi connectivity index (χ3v) is 3.73. The predicted molar refractivity (Wildman–Crippen MR) is 88.7 cm³/mol. The highest BCUT2D eigenvalue weighted by Gasteiger charge is 2.22. The van der Waals surface area contributed by atoms with Crippen LogP contribution in [0.15, 0.2) is 24.3 Å². The van der Waals surface area contributed by atoms with Crippen molar-refractivity contribution in [3.63, 3.8) is 0 Å². The lowest BCUT2D eigenvalue weighted by Crippen LogP contribution is -2.48. The Morgan fingerprint density at radius 1 is 1.13 bits per heavy atom. The number of ether oxygens (including phenoxy) is 1. The van der Waals surface area contributed by atoms with Crippen molar-refractivity contribution >= 4 is 5.97 Å². The van der Waals surface area contributed by atoms with Gasteiger partial charge in [0.05, 0.1) is 18.2 Å². The summed E-state index contributed by atoms with van der Waals surface area (Å²) in [6, 6.07) is 9.86. The van der Waals surface area contributed by atoms with Crippen molar-refractivity contribution in [2.24, 2.45) is 0 Å². The Morgan fingerprint density at radius 3 is 2.22 bits per heavy atom. The fourth-order valence-corrected chi connectivity index (χ4v) is 2.60. The van der Waals surface area contributed by atoms with Gasteiger partial charge >= 0.3 is 5.97 Å². The van der Waals surface area contributed by atoms with E-state index in [0.29, 0.717) is 12.1 Å². The first-order chi connectivity index (χ1) is 10.9. The molecule has 1 aliphatic heterocycles. The molecule has 1 fully saturated rings. The molecule has 0 spiro atoms. The lowest BCUT2D eigenvalue weighted by molar-refractivity contribution is -0.156. The summed E-state index contributed by atoms with van der Waals surface area (Å²) < 4.78 is 5.36. The smallest absolute Gasteiger partial charge is 0.320 e. The number of hydrogen-bond donors (Lipinski definition) is 0. The molecule has 1 heterocycles. The average Bonchev–Trinajstić information content (AvgIpc) is 2.48. The van der Waals surface area contributed by atoms with Crippen LogP contribution in [0.2, 0.25) is 0 Å². The van der Waals surface area contributed by atoms with Gasteiger partial charge in [0.2, 0.25) is 0 Å². The largest absolute Gasteiger partial charge is 0.459 e. The van der Waals surface area contributed by atoms with Gasteiger partial charge in [-0.25, -0.2) is 0 Å². The Kier molecular flexibility index (Phi) is 5.75. The number of nitrogens with zero attached hydrogens (tertiary/aromatic N) is 3. The topological polar surface area (TPSA) is 56.6 Å². The van der Waals surface area contributed by atoms with Crippen LogP contribution in [0.1, 0.15) is 31.9 Å². The second-order valence-electron chi connectivity index (χ2n) is 6.95. The van der Waals surface area contributed by atoms with E-state index < -0.39 is 5.60 Å². The third-order valence-electron chi connectivity index (χ3n) is 3.73. The number of rotatable bonds is 4. The summed E-state index contributed by atoms with van der Waals surface area (Å²) in [6.45, 7) is 10.5. The quantitative estimate of drug-likeness (QED) is 0.796. The maximum absolute atomic E-state index is 11.9. The van der Waals surface area contributed by atoms with E-state index in [1.807, 2.05) is 45.0 Å². The third kappa shape index (κ3) is 6.01. The number of esters is 1. The summed E-state index contributed by atoms with van der Waals surface area (Å²) in [5, 5.41) is 8.82. The molecular formula is C18H25N3O2. The molecular weight excluding hydrogens is 290 g/mol. The van der Waals surface area contributed by atoms with E-state index in [2.05, 4.69) is 15.9 Å². The summed E-state index contributed by atoms with van der Waals surface area (Å²) in [6.07, 6.45) is 0. The molecule has 1 saturated heterocycles. The van der Waals surface area contributed by atoms with Crippen LogP contribution in [0.5, 0.6) is 0 Å². The number of piperazine rings is 1. The summed E-state index contributed by atoms with van der Waals surface area (Å²) >= 11 is 0. The highest BCUT2D eigenvalue weighted by atomic mass is 16.6. The van der Waals surface area contributed by atoms with Crippen molar-refractivity contribution < 1.29 is 9.53 Å². The van der Waals surface area contributed by atoms with Crippen molar-refractivity contribution in [2.45, 2.75) is 32.9 Å². The predicted octanol–water partition coefficient (Wildman–Crippen LogP) is 2.02. The number of hydrogen-bond acceptors (Lipinski definition) is 5. The molecule has 23 heavy (non-hydrogen) atoms. The zero-order valence-corrected chi connectivity index (χ0v) is 14.2. The Bertz CT molecular complexity index is 561. The Hall–Kier alpha value is -1.90. The molecule has 0 radical (unpaired) electrons. The fourth-order valence-electron chi connectivity index (χ4n) is 2.60. The molecule has 5 heteroatoms. The summed E-state index contributed by atoms with van der Waals surface area (Å²) in [5.74, 6) is -0.155. The van der Waals surface area contributed by atoms with E-state index in [1.165, 1.54) is 5.56 Å². The molecule has 1 aliphatic rings. The molecule has 0 aromatic heterocycles. The summed E-state index contributed by atoms with van der Waals surface area (Å²) in [4.78, 5) is 16.4. The molecule has 0 amide bonds. The second-order valence-corrected chi connectivity index (χ2v) is 6.95. The second kappa shape index (κ2) is 7.58. The molecule has 0 unspecified atom stereocenters. The number of carbonyl (C=O) groups is 1.